The van der Waals surface area contributed by atoms with Crippen LogP contribution in [-0.4, -0.2) is 114 Å². The van der Waals surface area contributed by atoms with Gasteiger partial charge in [-0.2, -0.15) is 0 Å². The number of ether oxygens (including phenoxy) is 3. The lowest BCUT2D eigenvalue weighted by molar-refractivity contribution is -0.150. The normalized spacial score (nSPS) is 14.5. The summed E-state index contributed by atoms with van der Waals surface area (Å²) in [5.74, 6) is -6.73. The quantitative estimate of drug-likeness (QED) is 0.0237. The summed E-state index contributed by atoms with van der Waals surface area (Å²) in [4.78, 5) is 126. The maximum atomic E-state index is 14.8. The van der Waals surface area contributed by atoms with Gasteiger partial charge in [-0.05, 0) is 86.5 Å². The van der Waals surface area contributed by atoms with E-state index in [9.17, 15) is 43.2 Å². The minimum absolute atomic E-state index is 0.0239. The van der Waals surface area contributed by atoms with Crippen LogP contribution in [-0.2, 0) is 78.6 Å². The topological polar surface area (TPSA) is 278 Å². The Labute approximate surface area is 507 Å². The summed E-state index contributed by atoms with van der Waals surface area (Å²) in [5, 5.41) is 22.0. The number of hydrogen-bond donors (Lipinski definition) is 8. The van der Waals surface area contributed by atoms with Gasteiger partial charge in [-0.1, -0.05) is 183 Å². The zero-order valence-corrected chi connectivity index (χ0v) is 52.0. The zero-order valence-electron chi connectivity index (χ0n) is 52.0. The predicted octanol–water partition coefficient (Wildman–Crippen LogP) is 6.53. The summed E-state index contributed by atoms with van der Waals surface area (Å²) >= 11 is 0. The lowest BCUT2D eigenvalue weighted by Crippen LogP contribution is -2.62. The maximum absolute atomic E-state index is 14.8. The van der Waals surface area contributed by atoms with Crippen LogP contribution < -0.4 is 42.5 Å². The molecule has 0 radical (unpaired) electrons. The first-order valence-electron chi connectivity index (χ1n) is 29.8. The first kappa shape index (κ1) is 70.4. The van der Waals surface area contributed by atoms with Crippen LogP contribution in [0.25, 0.3) is 0 Å². The van der Waals surface area contributed by atoms with Gasteiger partial charge in [0.15, 0.2) is 0 Å². The average molecular weight is 1190 g/mol. The highest BCUT2D eigenvalue weighted by molar-refractivity contribution is 5.97. The standard InChI is InChI=1S/C66H92N8O12/c1-13-44(8)56(74-65(83)86-66(10,11)12)62(80)69-50(34-41(2)3)58(76)67-38-54(75)68-51(36-46-26-18-14-19-27-46)59(77)72-55(43(6)7)61(79)70-52(37-47-28-20-15-21-29-47)60(78)73-57(45(9)84-39-48-30-22-16-23-31-48)63(81)71-53(35-42(4)5)64(82)85-40-49-32-24-17-25-33-49/h14-33,41-45,50-53,55-57H,13,34-40H2,1-12H3,(H,67,76)(H,68,75)(H,69,80)(H,70,79)(H,71,81)(H,72,77)(H,73,78)(H,74,83)/t44-,45+,50-,51-,52-,53-,55-,56-,57-/m0/s1. The molecule has 0 aliphatic carbocycles. The number of nitrogens with one attached hydrogen (secondary N) is 8. The minimum atomic E-state index is -1.40. The van der Waals surface area contributed by atoms with E-state index >= 15 is 0 Å². The van der Waals surface area contributed by atoms with Crippen molar-refractivity contribution in [2.75, 3.05) is 6.54 Å². The molecular formula is C66H92N8O12. The first-order valence-corrected chi connectivity index (χ1v) is 29.8. The van der Waals surface area contributed by atoms with Crippen molar-refractivity contribution < 1.29 is 57.4 Å². The van der Waals surface area contributed by atoms with Crippen LogP contribution in [0.4, 0.5) is 4.79 Å². The highest BCUT2D eigenvalue weighted by Gasteiger charge is 2.37. The lowest BCUT2D eigenvalue weighted by atomic mass is 9.97. The summed E-state index contributed by atoms with van der Waals surface area (Å²) in [7, 11) is 0. The van der Waals surface area contributed by atoms with Crippen molar-refractivity contribution in [3.8, 4) is 0 Å². The van der Waals surface area contributed by atoms with Crippen LogP contribution in [0.2, 0.25) is 0 Å². The van der Waals surface area contributed by atoms with Gasteiger partial charge >= 0.3 is 12.1 Å². The molecule has 0 bridgehead atoms. The molecule has 86 heavy (non-hydrogen) atoms. The van der Waals surface area contributed by atoms with Crippen LogP contribution in [0.3, 0.4) is 0 Å². The number of esters is 1. The van der Waals surface area contributed by atoms with Crippen molar-refractivity contribution in [2.45, 2.75) is 182 Å². The fourth-order valence-corrected chi connectivity index (χ4v) is 9.13. The highest BCUT2D eigenvalue weighted by atomic mass is 16.6. The Balaban J connectivity index is 1.58. The summed E-state index contributed by atoms with van der Waals surface area (Å²) in [6.07, 6.45) is -0.914. The highest BCUT2D eigenvalue weighted by Crippen LogP contribution is 2.17. The van der Waals surface area contributed by atoms with Crippen LogP contribution in [0.1, 0.15) is 125 Å². The third kappa shape index (κ3) is 25.2. The Morgan fingerprint density at radius 3 is 1.34 bits per heavy atom. The molecule has 8 N–H and O–H groups in total. The number of amides is 8. The molecule has 0 aliphatic rings. The van der Waals surface area contributed by atoms with Gasteiger partial charge in [-0.3, -0.25) is 33.6 Å². The van der Waals surface area contributed by atoms with E-state index in [0.29, 0.717) is 17.5 Å². The van der Waals surface area contributed by atoms with Crippen molar-refractivity contribution in [1.29, 1.82) is 0 Å². The second kappa shape index (κ2) is 35.4. The molecule has 8 amide bonds. The molecule has 0 unspecified atom stereocenters. The monoisotopic (exact) mass is 1190 g/mol. The van der Waals surface area contributed by atoms with E-state index in [1.807, 2.05) is 95.3 Å². The lowest BCUT2D eigenvalue weighted by Gasteiger charge is -2.30. The molecule has 9 atom stereocenters. The Morgan fingerprint density at radius 1 is 0.442 bits per heavy atom. The number of benzene rings is 4. The fourth-order valence-electron chi connectivity index (χ4n) is 9.13. The molecule has 0 fully saturated rings. The Morgan fingerprint density at radius 2 is 0.860 bits per heavy atom. The van der Waals surface area contributed by atoms with E-state index in [-0.39, 0.29) is 56.7 Å². The van der Waals surface area contributed by atoms with Gasteiger partial charge in [0.25, 0.3) is 0 Å². The van der Waals surface area contributed by atoms with Crippen molar-refractivity contribution in [3.05, 3.63) is 144 Å². The van der Waals surface area contributed by atoms with E-state index in [1.165, 1.54) is 0 Å². The summed E-state index contributed by atoms with van der Waals surface area (Å²) in [6.45, 7) is 20.7. The minimum Gasteiger partial charge on any atom is -0.459 e. The molecule has 4 aromatic carbocycles. The maximum Gasteiger partial charge on any atom is 0.408 e. The van der Waals surface area contributed by atoms with Gasteiger partial charge in [0.05, 0.1) is 19.3 Å². The SMILES string of the molecule is CC[C@H](C)[C@H](NC(=O)OC(C)(C)C)C(=O)N[C@@H](CC(C)C)C(=O)NCC(=O)N[C@@H](Cc1ccccc1)C(=O)N[C@H](C(=O)N[C@@H](Cc1ccccc1)C(=O)N[C@H](C(=O)N[C@@H](CC(C)C)C(=O)OCc1ccccc1)[C@@H](C)OCc1ccccc1)C(C)C. The third-order valence-electron chi connectivity index (χ3n) is 14.0. The Bertz CT molecular complexity index is 2800. The van der Waals surface area contributed by atoms with E-state index in [4.69, 9.17) is 14.2 Å². The third-order valence-corrected chi connectivity index (χ3v) is 14.0. The van der Waals surface area contributed by atoms with E-state index in [2.05, 4.69) is 42.5 Å². The summed E-state index contributed by atoms with van der Waals surface area (Å²) in [6, 6.07) is 27.6. The van der Waals surface area contributed by atoms with E-state index in [1.54, 1.807) is 109 Å². The van der Waals surface area contributed by atoms with Gasteiger partial charge in [0.2, 0.25) is 41.4 Å². The van der Waals surface area contributed by atoms with Gasteiger partial charge in [-0.15, -0.1) is 0 Å². The molecule has 4 rings (SSSR count). The van der Waals surface area contributed by atoms with Crippen LogP contribution in [0, 0.1) is 23.7 Å². The smallest absolute Gasteiger partial charge is 0.408 e. The number of alkyl carbamates (subject to hydrolysis) is 1. The second-order valence-corrected chi connectivity index (χ2v) is 24.0. The second-order valence-electron chi connectivity index (χ2n) is 24.0. The Hall–Kier alpha value is -8.13. The molecule has 0 spiro atoms. The molecule has 0 heterocycles. The summed E-state index contributed by atoms with van der Waals surface area (Å²) in [5.41, 5.74) is 2.06. The first-order chi connectivity index (χ1) is 40.7. The van der Waals surface area contributed by atoms with Gasteiger partial charge in [0.1, 0.15) is 54.5 Å². The fraction of sp³-hybridized carbons (Fsp3) is 0.500. The van der Waals surface area contributed by atoms with Crippen molar-refractivity contribution in [1.82, 2.24) is 42.5 Å². The number of carbonyl (C=O) groups excluding carboxylic acids is 9. The van der Waals surface area contributed by atoms with Gasteiger partial charge < -0.3 is 56.7 Å². The number of hydrogen-bond acceptors (Lipinski definition) is 12. The molecule has 20 nitrogen and oxygen atoms in total. The van der Waals surface area contributed by atoms with Crippen LogP contribution in [0.15, 0.2) is 121 Å². The van der Waals surface area contributed by atoms with Crippen LogP contribution >= 0.6 is 0 Å². The number of carbonyl (C=O) groups is 9. The molecular weight excluding hydrogens is 1100 g/mol. The zero-order chi connectivity index (χ0) is 63.5. The van der Waals surface area contributed by atoms with E-state index in [0.717, 1.165) is 11.1 Å². The van der Waals surface area contributed by atoms with Crippen molar-refractivity contribution in [3.63, 3.8) is 0 Å². The molecule has 0 aliphatic heterocycles. The van der Waals surface area contributed by atoms with E-state index < -0.39 is 120 Å². The van der Waals surface area contributed by atoms with Crippen molar-refractivity contribution in [2.24, 2.45) is 23.7 Å². The van der Waals surface area contributed by atoms with Gasteiger partial charge in [-0.25, -0.2) is 9.59 Å². The molecule has 20 heteroatoms. The Kier molecular flexibility index (Phi) is 28.9. The van der Waals surface area contributed by atoms with Crippen molar-refractivity contribution >= 4 is 53.4 Å². The van der Waals surface area contributed by atoms with Crippen LogP contribution in [0.5, 0.6) is 0 Å². The molecule has 0 saturated heterocycles. The summed E-state index contributed by atoms with van der Waals surface area (Å²) < 4.78 is 17.3. The van der Waals surface area contributed by atoms with Gasteiger partial charge in [0, 0.05) is 12.8 Å². The molecule has 4 aromatic rings. The number of rotatable bonds is 33. The largest absolute Gasteiger partial charge is 0.459 e. The molecule has 0 aromatic heterocycles. The predicted molar refractivity (Wildman–Crippen MR) is 328 cm³/mol. The molecule has 0 saturated carbocycles. The average Bonchev–Trinajstić information content (AvgIpc) is 3.45. The molecule has 468 valence electrons.